The van der Waals surface area contributed by atoms with Crippen molar-refractivity contribution in [2.24, 2.45) is 0 Å². The third-order valence-electron chi connectivity index (χ3n) is 3.60. The quantitative estimate of drug-likeness (QED) is 0.859. The fourth-order valence-corrected chi connectivity index (χ4v) is 2.42. The van der Waals surface area contributed by atoms with Crippen LogP contribution in [0.2, 0.25) is 0 Å². The molecule has 2 aromatic rings. The molecule has 21 heavy (non-hydrogen) atoms. The summed E-state index contributed by atoms with van der Waals surface area (Å²) in [6, 6.07) is 8.44. The molecule has 0 bridgehead atoms. The molecule has 1 aromatic carbocycles. The lowest BCUT2D eigenvalue weighted by atomic mass is 10.0. The molecular weight excluding hydrogens is 262 g/mol. The minimum Gasteiger partial charge on any atom is -0.485 e. The molecule has 1 N–H and O–H groups in total. The summed E-state index contributed by atoms with van der Waals surface area (Å²) in [6.45, 7) is 9.71. The molecule has 2 rings (SSSR count). The van der Waals surface area contributed by atoms with Gasteiger partial charge < -0.3 is 14.5 Å². The second-order valence-electron chi connectivity index (χ2n) is 5.81. The van der Waals surface area contributed by atoms with Crippen molar-refractivity contribution in [3.05, 3.63) is 52.5 Å². The van der Waals surface area contributed by atoms with E-state index in [-0.39, 0.29) is 0 Å². The van der Waals surface area contributed by atoms with Crippen LogP contribution < -0.4 is 10.1 Å². The Balaban J connectivity index is 2.12. The zero-order valence-corrected chi connectivity index (χ0v) is 13.6. The first-order valence-corrected chi connectivity index (χ1v) is 7.47. The Morgan fingerprint density at radius 3 is 2.62 bits per heavy atom. The highest BCUT2D eigenvalue weighted by atomic mass is 16.5. The minimum absolute atomic E-state index is 0.443. The summed E-state index contributed by atoms with van der Waals surface area (Å²) in [5.74, 6) is 3.22. The Morgan fingerprint density at radius 1 is 1.19 bits per heavy atom. The first-order valence-electron chi connectivity index (χ1n) is 7.47. The smallest absolute Gasteiger partial charge is 0.146 e. The number of furan rings is 1. The Kier molecular flexibility index (Phi) is 5.07. The monoisotopic (exact) mass is 287 g/mol. The van der Waals surface area contributed by atoms with E-state index < -0.39 is 0 Å². The Labute approximate surface area is 127 Å². The molecule has 0 aliphatic rings. The SMILES string of the molecule is CNCc1cc(COc2cc(C)ccc2C(C)C)oc1C. The summed E-state index contributed by atoms with van der Waals surface area (Å²) in [5, 5.41) is 3.14. The first-order chi connectivity index (χ1) is 10.0. The number of aryl methyl sites for hydroxylation is 2. The van der Waals surface area contributed by atoms with Gasteiger partial charge in [-0.2, -0.15) is 0 Å². The fourth-order valence-electron chi connectivity index (χ4n) is 2.42. The molecule has 1 heterocycles. The molecule has 0 saturated carbocycles. The van der Waals surface area contributed by atoms with Crippen molar-refractivity contribution < 1.29 is 9.15 Å². The molecule has 3 heteroatoms. The Hall–Kier alpha value is -1.74. The normalized spacial score (nSPS) is 11.1. The number of hydrogen-bond acceptors (Lipinski definition) is 3. The Morgan fingerprint density at radius 2 is 1.95 bits per heavy atom. The van der Waals surface area contributed by atoms with Gasteiger partial charge in [-0.25, -0.2) is 0 Å². The highest BCUT2D eigenvalue weighted by molar-refractivity contribution is 5.39. The van der Waals surface area contributed by atoms with Crippen LogP contribution in [0.5, 0.6) is 5.75 Å². The van der Waals surface area contributed by atoms with Gasteiger partial charge in [0.05, 0.1) is 0 Å². The second-order valence-corrected chi connectivity index (χ2v) is 5.81. The van der Waals surface area contributed by atoms with Crippen molar-refractivity contribution in [2.45, 2.75) is 46.8 Å². The topological polar surface area (TPSA) is 34.4 Å². The molecule has 0 radical (unpaired) electrons. The van der Waals surface area contributed by atoms with Gasteiger partial charge in [-0.1, -0.05) is 26.0 Å². The van der Waals surface area contributed by atoms with Crippen LogP contribution in [0.15, 0.2) is 28.7 Å². The number of hydrogen-bond donors (Lipinski definition) is 1. The van der Waals surface area contributed by atoms with Gasteiger partial charge in [0.2, 0.25) is 0 Å². The lowest BCUT2D eigenvalue weighted by Gasteiger charge is -2.14. The molecule has 114 valence electrons. The molecule has 3 nitrogen and oxygen atoms in total. The summed E-state index contributed by atoms with van der Waals surface area (Å²) >= 11 is 0. The van der Waals surface area contributed by atoms with E-state index in [1.807, 2.05) is 14.0 Å². The average Bonchev–Trinajstić information content (AvgIpc) is 2.77. The predicted molar refractivity (Wildman–Crippen MR) is 85.8 cm³/mol. The van der Waals surface area contributed by atoms with Crippen LogP contribution in [0.4, 0.5) is 0 Å². The summed E-state index contributed by atoms with van der Waals surface area (Å²) in [4.78, 5) is 0. The lowest BCUT2D eigenvalue weighted by Crippen LogP contribution is -2.04. The minimum atomic E-state index is 0.443. The van der Waals surface area contributed by atoms with Crippen LogP contribution in [-0.2, 0) is 13.2 Å². The largest absolute Gasteiger partial charge is 0.485 e. The van der Waals surface area contributed by atoms with Crippen molar-refractivity contribution in [2.75, 3.05) is 7.05 Å². The van der Waals surface area contributed by atoms with Crippen molar-refractivity contribution in [3.8, 4) is 5.75 Å². The number of benzene rings is 1. The molecule has 1 aromatic heterocycles. The zero-order valence-electron chi connectivity index (χ0n) is 13.6. The van der Waals surface area contributed by atoms with E-state index in [0.29, 0.717) is 12.5 Å². The third kappa shape index (κ3) is 3.88. The van der Waals surface area contributed by atoms with E-state index in [2.05, 4.69) is 50.4 Å². The molecule has 0 aliphatic heterocycles. The van der Waals surface area contributed by atoms with Crippen LogP contribution in [0.3, 0.4) is 0 Å². The lowest BCUT2D eigenvalue weighted by molar-refractivity contribution is 0.264. The van der Waals surface area contributed by atoms with Crippen molar-refractivity contribution in [3.63, 3.8) is 0 Å². The van der Waals surface area contributed by atoms with E-state index in [1.165, 1.54) is 16.7 Å². The second kappa shape index (κ2) is 6.81. The van der Waals surface area contributed by atoms with E-state index >= 15 is 0 Å². The summed E-state index contributed by atoms with van der Waals surface area (Å²) in [5.41, 5.74) is 3.63. The highest BCUT2D eigenvalue weighted by Crippen LogP contribution is 2.28. The van der Waals surface area contributed by atoms with Gasteiger partial charge in [0.25, 0.3) is 0 Å². The Bertz CT molecular complexity index is 599. The van der Waals surface area contributed by atoms with E-state index in [4.69, 9.17) is 9.15 Å². The predicted octanol–water partition coefficient (Wildman–Crippen LogP) is 4.32. The van der Waals surface area contributed by atoms with Gasteiger partial charge in [0, 0.05) is 12.1 Å². The summed E-state index contributed by atoms with van der Waals surface area (Å²) in [6.07, 6.45) is 0. The number of rotatable bonds is 6. The van der Waals surface area contributed by atoms with Crippen LogP contribution in [-0.4, -0.2) is 7.05 Å². The molecule has 0 fully saturated rings. The van der Waals surface area contributed by atoms with Crippen molar-refractivity contribution >= 4 is 0 Å². The van der Waals surface area contributed by atoms with Crippen molar-refractivity contribution in [1.82, 2.24) is 5.32 Å². The molecular formula is C18H25NO2. The van der Waals surface area contributed by atoms with E-state index in [9.17, 15) is 0 Å². The summed E-state index contributed by atoms with van der Waals surface area (Å²) in [7, 11) is 1.93. The zero-order chi connectivity index (χ0) is 15.4. The molecule has 0 unspecified atom stereocenters. The standard InChI is InChI=1S/C18H25NO2/c1-12(2)17-7-6-13(3)8-18(17)20-11-16-9-15(10-19-5)14(4)21-16/h6-9,12,19H,10-11H2,1-5H3. The van der Waals surface area contributed by atoms with Gasteiger partial charge in [-0.15, -0.1) is 0 Å². The highest BCUT2D eigenvalue weighted by Gasteiger charge is 2.11. The van der Waals surface area contributed by atoms with Gasteiger partial charge in [0.1, 0.15) is 23.9 Å². The fraction of sp³-hybridized carbons (Fsp3) is 0.444. The van der Waals surface area contributed by atoms with Gasteiger partial charge in [-0.05, 0) is 50.1 Å². The van der Waals surface area contributed by atoms with Crippen LogP contribution in [0.1, 0.15) is 48.0 Å². The number of ether oxygens (including phenoxy) is 1. The van der Waals surface area contributed by atoms with Crippen LogP contribution in [0, 0.1) is 13.8 Å². The molecule has 0 atom stereocenters. The third-order valence-corrected chi connectivity index (χ3v) is 3.60. The molecule has 0 aliphatic carbocycles. The van der Waals surface area contributed by atoms with Crippen LogP contribution >= 0.6 is 0 Å². The molecule has 0 spiro atoms. The molecule has 0 saturated heterocycles. The molecule has 0 amide bonds. The average molecular weight is 287 g/mol. The van der Waals surface area contributed by atoms with Gasteiger partial charge >= 0.3 is 0 Å². The van der Waals surface area contributed by atoms with E-state index in [0.717, 1.165) is 23.8 Å². The van der Waals surface area contributed by atoms with Crippen LogP contribution in [0.25, 0.3) is 0 Å². The first kappa shape index (κ1) is 15.6. The van der Waals surface area contributed by atoms with Gasteiger partial charge in [0.15, 0.2) is 0 Å². The van der Waals surface area contributed by atoms with E-state index in [1.54, 1.807) is 0 Å². The summed E-state index contributed by atoms with van der Waals surface area (Å²) < 4.78 is 11.8. The number of nitrogens with one attached hydrogen (secondary N) is 1. The van der Waals surface area contributed by atoms with Gasteiger partial charge in [-0.3, -0.25) is 0 Å². The maximum Gasteiger partial charge on any atom is 0.146 e. The maximum absolute atomic E-state index is 6.00. The van der Waals surface area contributed by atoms with Crippen molar-refractivity contribution in [1.29, 1.82) is 0 Å². The maximum atomic E-state index is 6.00.